The molecule has 2 nitrogen and oxygen atoms in total. The van der Waals surface area contributed by atoms with Crippen molar-refractivity contribution in [3.05, 3.63) is 123 Å². The topological polar surface area (TPSA) is 28.7 Å². The Kier molecular flexibility index (Phi) is 4.40. The molecule has 0 radical (unpaired) electrons. The lowest BCUT2D eigenvalue weighted by Gasteiger charge is -2.35. The molecule has 1 aromatic heterocycles. The molecule has 0 saturated heterocycles. The molecule has 3 heteroatoms. The summed E-state index contributed by atoms with van der Waals surface area (Å²) in [5, 5.41) is 7.74. The van der Waals surface area contributed by atoms with Gasteiger partial charge in [0.15, 0.2) is 0 Å². The van der Waals surface area contributed by atoms with Gasteiger partial charge in [-0.2, -0.15) is 5.10 Å². The molecule has 0 aliphatic rings. The van der Waals surface area contributed by atoms with Gasteiger partial charge in [0.2, 0.25) is 0 Å². The number of hydrogen-bond donors (Lipinski definition) is 1. The molecule has 0 aliphatic carbocycles. The fourth-order valence-corrected chi connectivity index (χ4v) is 4.18. The highest BCUT2D eigenvalue weighted by Gasteiger charge is 2.41. The Hall–Kier alpha value is -2.40. The molecular weight excluding hydrogens is 419 g/mol. The zero-order chi connectivity index (χ0) is 17.1. The summed E-state index contributed by atoms with van der Waals surface area (Å²) < 4.78 is 1.12. The second-order valence-corrected chi connectivity index (χ2v) is 7.09. The van der Waals surface area contributed by atoms with Gasteiger partial charge in [-0.1, -0.05) is 91.0 Å². The van der Waals surface area contributed by atoms with Crippen molar-refractivity contribution in [1.29, 1.82) is 0 Å². The van der Waals surface area contributed by atoms with Crippen LogP contribution in [0.25, 0.3) is 0 Å². The SMILES string of the molecule is Ic1c[nH]nc1C(c1ccccc1)(c1ccccc1)c1ccccc1. The third kappa shape index (κ3) is 2.68. The number of halogens is 1. The number of nitrogens with one attached hydrogen (secondary N) is 1. The van der Waals surface area contributed by atoms with E-state index in [1.165, 1.54) is 16.7 Å². The lowest BCUT2D eigenvalue weighted by molar-refractivity contribution is 0.705. The normalized spacial score (nSPS) is 11.4. The van der Waals surface area contributed by atoms with Gasteiger partial charge < -0.3 is 0 Å². The summed E-state index contributed by atoms with van der Waals surface area (Å²) in [6, 6.07) is 31.8. The Morgan fingerprint density at radius 2 is 1.04 bits per heavy atom. The Morgan fingerprint density at radius 1 is 0.640 bits per heavy atom. The van der Waals surface area contributed by atoms with Gasteiger partial charge in [-0.3, -0.25) is 5.10 Å². The number of nitrogens with zero attached hydrogens (tertiary/aromatic N) is 1. The van der Waals surface area contributed by atoms with Crippen LogP contribution in [0.5, 0.6) is 0 Å². The predicted octanol–water partition coefficient (Wildman–Crippen LogP) is 5.40. The summed E-state index contributed by atoms with van der Waals surface area (Å²) in [6.07, 6.45) is 1.96. The Balaban J connectivity index is 2.15. The summed E-state index contributed by atoms with van der Waals surface area (Å²) in [6.45, 7) is 0. The molecule has 1 N–H and O–H groups in total. The molecule has 0 unspecified atom stereocenters. The predicted molar refractivity (Wildman–Crippen MR) is 110 cm³/mol. The highest BCUT2D eigenvalue weighted by atomic mass is 127. The molecule has 0 bridgehead atoms. The first-order valence-corrected chi connectivity index (χ1v) is 9.27. The molecule has 122 valence electrons. The van der Waals surface area contributed by atoms with Crippen LogP contribution in [0.1, 0.15) is 22.4 Å². The summed E-state index contributed by atoms with van der Waals surface area (Å²) in [5.74, 6) is 0. The highest BCUT2D eigenvalue weighted by molar-refractivity contribution is 14.1. The molecule has 0 fully saturated rings. The number of hydrogen-bond acceptors (Lipinski definition) is 1. The first kappa shape index (κ1) is 16.1. The standard InChI is InChI=1S/C22H17IN2/c23-20-16-24-25-21(20)22(17-10-4-1-5-11-17,18-12-6-2-7-13-18)19-14-8-3-9-15-19/h1-16H,(H,24,25). The van der Waals surface area contributed by atoms with Gasteiger partial charge in [-0.15, -0.1) is 0 Å². The van der Waals surface area contributed by atoms with E-state index in [0.717, 1.165) is 9.26 Å². The van der Waals surface area contributed by atoms with E-state index in [1.54, 1.807) is 0 Å². The molecule has 0 saturated carbocycles. The van der Waals surface area contributed by atoms with Crippen molar-refractivity contribution in [2.45, 2.75) is 5.41 Å². The van der Waals surface area contributed by atoms with Crippen molar-refractivity contribution in [3.8, 4) is 0 Å². The second kappa shape index (κ2) is 6.84. The van der Waals surface area contributed by atoms with E-state index in [-0.39, 0.29) is 0 Å². The Morgan fingerprint density at radius 3 is 1.36 bits per heavy atom. The summed E-state index contributed by atoms with van der Waals surface area (Å²) in [4.78, 5) is 0. The van der Waals surface area contributed by atoms with Gasteiger partial charge in [-0.05, 0) is 39.3 Å². The first-order valence-electron chi connectivity index (χ1n) is 8.20. The number of benzene rings is 3. The molecule has 0 aliphatic heterocycles. The van der Waals surface area contributed by atoms with Crippen LogP contribution in [-0.4, -0.2) is 10.2 Å². The van der Waals surface area contributed by atoms with E-state index in [0.29, 0.717) is 0 Å². The van der Waals surface area contributed by atoms with Crippen LogP contribution in [0.15, 0.2) is 97.2 Å². The fourth-order valence-electron chi connectivity index (χ4n) is 3.51. The zero-order valence-electron chi connectivity index (χ0n) is 13.6. The van der Waals surface area contributed by atoms with Gasteiger partial charge in [0.05, 0.1) is 14.7 Å². The van der Waals surface area contributed by atoms with Gasteiger partial charge in [-0.25, -0.2) is 0 Å². The van der Waals surface area contributed by atoms with E-state index >= 15 is 0 Å². The lowest BCUT2D eigenvalue weighted by atomic mass is 9.67. The quantitative estimate of drug-likeness (QED) is 0.337. The van der Waals surface area contributed by atoms with Crippen LogP contribution < -0.4 is 0 Å². The second-order valence-electron chi connectivity index (χ2n) is 5.93. The third-order valence-electron chi connectivity index (χ3n) is 4.57. The minimum Gasteiger partial charge on any atom is -0.284 e. The maximum atomic E-state index is 4.68. The van der Waals surface area contributed by atoms with Gasteiger partial charge in [0.25, 0.3) is 0 Å². The van der Waals surface area contributed by atoms with Crippen LogP contribution in [0, 0.1) is 3.57 Å². The number of aromatic amines is 1. The van der Waals surface area contributed by atoms with Crippen LogP contribution >= 0.6 is 22.6 Å². The monoisotopic (exact) mass is 436 g/mol. The van der Waals surface area contributed by atoms with Gasteiger partial charge in [0, 0.05) is 6.20 Å². The maximum absolute atomic E-state index is 4.68. The molecule has 1 heterocycles. The number of rotatable bonds is 4. The molecule has 3 aromatic carbocycles. The summed E-state index contributed by atoms with van der Waals surface area (Å²) in [5.41, 5.74) is 4.18. The van der Waals surface area contributed by atoms with Crippen LogP contribution in [0.3, 0.4) is 0 Å². The van der Waals surface area contributed by atoms with E-state index < -0.39 is 5.41 Å². The lowest BCUT2D eigenvalue weighted by Crippen LogP contribution is -2.32. The molecule has 0 spiro atoms. The average molecular weight is 436 g/mol. The van der Waals surface area contributed by atoms with Crippen molar-refractivity contribution in [3.63, 3.8) is 0 Å². The Labute approximate surface area is 161 Å². The minimum atomic E-state index is -0.458. The zero-order valence-corrected chi connectivity index (χ0v) is 15.7. The van der Waals surface area contributed by atoms with E-state index in [1.807, 2.05) is 6.20 Å². The minimum absolute atomic E-state index is 0.458. The molecule has 4 aromatic rings. The third-order valence-corrected chi connectivity index (χ3v) is 5.39. The average Bonchev–Trinajstić information content (AvgIpc) is 3.12. The highest BCUT2D eigenvalue weighted by Crippen LogP contribution is 2.45. The fraction of sp³-hybridized carbons (Fsp3) is 0.0455. The van der Waals surface area contributed by atoms with E-state index in [9.17, 15) is 0 Å². The van der Waals surface area contributed by atoms with Crippen molar-refractivity contribution >= 4 is 22.6 Å². The smallest absolute Gasteiger partial charge is 0.0949 e. The number of aromatic nitrogens is 2. The van der Waals surface area contributed by atoms with Crippen LogP contribution in [-0.2, 0) is 5.41 Å². The largest absolute Gasteiger partial charge is 0.284 e. The van der Waals surface area contributed by atoms with Crippen molar-refractivity contribution < 1.29 is 0 Å². The van der Waals surface area contributed by atoms with Crippen LogP contribution in [0.4, 0.5) is 0 Å². The van der Waals surface area contributed by atoms with Crippen molar-refractivity contribution in [1.82, 2.24) is 10.2 Å². The van der Waals surface area contributed by atoms with E-state index in [2.05, 4.69) is 124 Å². The van der Waals surface area contributed by atoms with Gasteiger partial charge >= 0.3 is 0 Å². The van der Waals surface area contributed by atoms with Gasteiger partial charge in [0.1, 0.15) is 0 Å². The maximum Gasteiger partial charge on any atom is 0.0949 e. The van der Waals surface area contributed by atoms with Crippen molar-refractivity contribution in [2.24, 2.45) is 0 Å². The Bertz CT molecular complexity index is 850. The molecule has 25 heavy (non-hydrogen) atoms. The number of H-pyrrole nitrogens is 1. The molecule has 0 amide bonds. The molecule has 4 rings (SSSR count). The summed E-state index contributed by atoms with van der Waals surface area (Å²) >= 11 is 2.37. The van der Waals surface area contributed by atoms with Crippen molar-refractivity contribution in [2.75, 3.05) is 0 Å². The first-order chi connectivity index (χ1) is 12.3. The summed E-state index contributed by atoms with van der Waals surface area (Å²) in [7, 11) is 0. The van der Waals surface area contributed by atoms with E-state index in [4.69, 9.17) is 0 Å². The molecule has 0 atom stereocenters. The molecular formula is C22H17IN2. The van der Waals surface area contributed by atoms with Crippen LogP contribution in [0.2, 0.25) is 0 Å².